The molecular weight excluding hydrogens is 266 g/mol. The van der Waals surface area contributed by atoms with Gasteiger partial charge in [-0.15, -0.1) is 0 Å². The number of rotatable bonds is 4. The molecule has 21 heavy (non-hydrogen) atoms. The van der Waals surface area contributed by atoms with E-state index in [0.717, 1.165) is 51.6 Å². The van der Waals surface area contributed by atoms with E-state index in [1.165, 1.54) is 5.56 Å². The van der Waals surface area contributed by atoms with Crippen LogP contribution in [0.4, 0.5) is 0 Å². The van der Waals surface area contributed by atoms with Gasteiger partial charge in [0.05, 0.1) is 13.0 Å². The van der Waals surface area contributed by atoms with Crippen LogP contribution in [-0.2, 0) is 11.3 Å². The normalized spacial score (nSPS) is 20.1. The van der Waals surface area contributed by atoms with Crippen molar-refractivity contribution in [3.63, 3.8) is 0 Å². The number of piperazine rings is 1. The Bertz CT molecular complexity index is 494. The molecule has 2 saturated heterocycles. The van der Waals surface area contributed by atoms with E-state index in [4.69, 9.17) is 4.74 Å². The summed E-state index contributed by atoms with van der Waals surface area (Å²) in [4.78, 5) is 16.6. The number of ether oxygens (including phenoxy) is 1. The third kappa shape index (κ3) is 3.19. The Labute approximate surface area is 125 Å². The fourth-order valence-corrected chi connectivity index (χ4v) is 2.92. The summed E-state index contributed by atoms with van der Waals surface area (Å²) in [6.45, 7) is 6.13. The Morgan fingerprint density at radius 1 is 1.24 bits per heavy atom. The van der Waals surface area contributed by atoms with Gasteiger partial charge in [0, 0.05) is 51.4 Å². The first-order valence-electron chi connectivity index (χ1n) is 7.61. The van der Waals surface area contributed by atoms with Gasteiger partial charge in [-0.3, -0.25) is 9.69 Å². The van der Waals surface area contributed by atoms with Gasteiger partial charge in [-0.25, -0.2) is 0 Å². The molecule has 0 spiro atoms. The third-order valence-electron chi connectivity index (χ3n) is 4.40. The summed E-state index contributed by atoms with van der Waals surface area (Å²) in [6, 6.07) is 8.14. The molecule has 0 radical (unpaired) electrons. The molecule has 2 fully saturated rings. The lowest BCUT2D eigenvalue weighted by Gasteiger charge is -2.38. The Hall–Kier alpha value is -1.59. The molecule has 0 unspecified atom stereocenters. The van der Waals surface area contributed by atoms with E-state index >= 15 is 0 Å². The molecule has 0 aliphatic carbocycles. The second kappa shape index (κ2) is 6.45. The van der Waals surface area contributed by atoms with Crippen LogP contribution in [0.3, 0.4) is 0 Å². The van der Waals surface area contributed by atoms with Crippen molar-refractivity contribution < 1.29 is 9.53 Å². The summed E-state index contributed by atoms with van der Waals surface area (Å²) in [7, 11) is 1.71. The number of nitrogens with one attached hydrogen (secondary N) is 1. The average molecular weight is 289 g/mol. The Balaban J connectivity index is 1.52. The average Bonchev–Trinajstić information content (AvgIpc) is 2.47. The zero-order chi connectivity index (χ0) is 14.7. The number of methoxy groups -OCH3 is 1. The molecule has 2 aliphatic heterocycles. The predicted molar refractivity (Wildman–Crippen MR) is 81.2 cm³/mol. The van der Waals surface area contributed by atoms with Crippen molar-refractivity contribution in [3.8, 4) is 5.75 Å². The maximum absolute atomic E-state index is 12.2. The van der Waals surface area contributed by atoms with Crippen molar-refractivity contribution >= 4 is 5.91 Å². The van der Waals surface area contributed by atoms with E-state index in [1.54, 1.807) is 7.11 Å². The topological polar surface area (TPSA) is 44.8 Å². The maximum atomic E-state index is 12.2. The number of para-hydroxylation sites is 1. The van der Waals surface area contributed by atoms with E-state index < -0.39 is 0 Å². The molecule has 1 amide bonds. The minimum Gasteiger partial charge on any atom is -0.496 e. The van der Waals surface area contributed by atoms with Crippen LogP contribution in [0.5, 0.6) is 5.75 Å². The highest BCUT2D eigenvalue weighted by Crippen LogP contribution is 2.20. The number of carbonyl (C=O) groups is 1. The molecule has 0 aromatic heterocycles. The summed E-state index contributed by atoms with van der Waals surface area (Å²) in [5, 5.41) is 3.16. The smallest absolute Gasteiger partial charge is 0.228 e. The van der Waals surface area contributed by atoms with Gasteiger partial charge in [-0.1, -0.05) is 18.2 Å². The highest BCUT2D eigenvalue weighted by Gasteiger charge is 2.31. The second-order valence-corrected chi connectivity index (χ2v) is 5.77. The van der Waals surface area contributed by atoms with Gasteiger partial charge < -0.3 is 15.0 Å². The monoisotopic (exact) mass is 289 g/mol. The zero-order valence-electron chi connectivity index (χ0n) is 12.5. The summed E-state index contributed by atoms with van der Waals surface area (Å²) in [5.74, 6) is 1.48. The second-order valence-electron chi connectivity index (χ2n) is 5.77. The van der Waals surface area contributed by atoms with E-state index in [0.29, 0.717) is 5.91 Å². The van der Waals surface area contributed by atoms with Crippen LogP contribution in [0.25, 0.3) is 0 Å². The Morgan fingerprint density at radius 2 is 1.95 bits per heavy atom. The van der Waals surface area contributed by atoms with Gasteiger partial charge in [-0.05, 0) is 6.07 Å². The number of nitrogens with zero attached hydrogens (tertiary/aromatic N) is 2. The summed E-state index contributed by atoms with van der Waals surface area (Å²) in [6.07, 6.45) is 0. The number of carbonyl (C=O) groups excluding carboxylic acids is 1. The molecule has 3 rings (SSSR count). The fraction of sp³-hybridized carbons (Fsp3) is 0.562. The van der Waals surface area contributed by atoms with Crippen molar-refractivity contribution in [2.24, 2.45) is 5.92 Å². The van der Waals surface area contributed by atoms with Crippen molar-refractivity contribution in [3.05, 3.63) is 29.8 Å². The lowest BCUT2D eigenvalue weighted by molar-refractivity contribution is -0.138. The predicted octanol–water partition coefficient (Wildman–Crippen LogP) is 0.559. The number of hydrogen-bond donors (Lipinski definition) is 1. The first kappa shape index (κ1) is 14.4. The van der Waals surface area contributed by atoms with Gasteiger partial charge >= 0.3 is 0 Å². The minimum absolute atomic E-state index is 0.214. The molecule has 1 aromatic carbocycles. The summed E-state index contributed by atoms with van der Waals surface area (Å²) >= 11 is 0. The SMILES string of the molecule is COc1ccccc1CN1CCN(C(=O)C2CNC2)CC1. The standard InChI is InChI=1S/C16H23N3O2/c1-21-15-5-3-2-4-13(15)12-18-6-8-19(9-7-18)16(20)14-10-17-11-14/h2-5,14,17H,6-12H2,1H3. The number of hydrogen-bond acceptors (Lipinski definition) is 4. The lowest BCUT2D eigenvalue weighted by atomic mass is 10.0. The molecule has 1 aromatic rings. The van der Waals surface area contributed by atoms with Crippen LogP contribution in [0.15, 0.2) is 24.3 Å². The van der Waals surface area contributed by atoms with Crippen molar-refractivity contribution in [2.45, 2.75) is 6.54 Å². The highest BCUT2D eigenvalue weighted by molar-refractivity contribution is 5.80. The van der Waals surface area contributed by atoms with E-state index in [-0.39, 0.29) is 5.92 Å². The lowest BCUT2D eigenvalue weighted by Crippen LogP contribution is -2.56. The number of benzene rings is 1. The number of amides is 1. The maximum Gasteiger partial charge on any atom is 0.228 e. The molecule has 2 aliphatic rings. The third-order valence-corrected chi connectivity index (χ3v) is 4.40. The molecule has 2 heterocycles. The Kier molecular flexibility index (Phi) is 4.41. The van der Waals surface area contributed by atoms with Crippen molar-refractivity contribution in [1.29, 1.82) is 0 Å². The van der Waals surface area contributed by atoms with Crippen LogP contribution in [0.2, 0.25) is 0 Å². The largest absolute Gasteiger partial charge is 0.496 e. The van der Waals surface area contributed by atoms with E-state index in [2.05, 4.69) is 16.3 Å². The van der Waals surface area contributed by atoms with Gasteiger partial charge in [-0.2, -0.15) is 0 Å². The quantitative estimate of drug-likeness (QED) is 0.880. The van der Waals surface area contributed by atoms with Gasteiger partial charge in [0.15, 0.2) is 0 Å². The molecule has 0 saturated carbocycles. The van der Waals surface area contributed by atoms with E-state index in [9.17, 15) is 4.79 Å². The molecule has 1 N–H and O–H groups in total. The Morgan fingerprint density at radius 3 is 2.57 bits per heavy atom. The van der Waals surface area contributed by atoms with Crippen molar-refractivity contribution in [1.82, 2.24) is 15.1 Å². The zero-order valence-corrected chi connectivity index (χ0v) is 12.5. The molecule has 5 nitrogen and oxygen atoms in total. The summed E-state index contributed by atoms with van der Waals surface area (Å²) < 4.78 is 5.40. The minimum atomic E-state index is 0.214. The molecule has 114 valence electrons. The van der Waals surface area contributed by atoms with Crippen molar-refractivity contribution in [2.75, 3.05) is 46.4 Å². The van der Waals surface area contributed by atoms with Crippen LogP contribution in [-0.4, -0.2) is 62.1 Å². The highest BCUT2D eigenvalue weighted by atomic mass is 16.5. The first-order valence-corrected chi connectivity index (χ1v) is 7.61. The van der Waals surface area contributed by atoms with Crippen LogP contribution in [0, 0.1) is 5.92 Å². The molecule has 0 bridgehead atoms. The fourth-order valence-electron chi connectivity index (χ4n) is 2.92. The van der Waals surface area contributed by atoms with Crippen LogP contribution < -0.4 is 10.1 Å². The molecule has 5 heteroatoms. The molecule has 0 atom stereocenters. The molecular formula is C16H23N3O2. The first-order chi connectivity index (χ1) is 10.3. The summed E-state index contributed by atoms with van der Waals surface area (Å²) in [5.41, 5.74) is 1.21. The van der Waals surface area contributed by atoms with Crippen LogP contribution in [0.1, 0.15) is 5.56 Å². The van der Waals surface area contributed by atoms with E-state index in [1.807, 2.05) is 23.1 Å². The van der Waals surface area contributed by atoms with Crippen LogP contribution >= 0.6 is 0 Å². The van der Waals surface area contributed by atoms with Gasteiger partial charge in [0.2, 0.25) is 5.91 Å². The van der Waals surface area contributed by atoms with Gasteiger partial charge in [0.25, 0.3) is 0 Å². The van der Waals surface area contributed by atoms with Gasteiger partial charge in [0.1, 0.15) is 5.75 Å².